The van der Waals surface area contributed by atoms with Gasteiger partial charge in [0.1, 0.15) is 0 Å². The number of nitrogens with zero attached hydrogens (tertiary/aromatic N) is 3. The second-order valence-corrected chi connectivity index (χ2v) is 10.0. The van der Waals surface area contributed by atoms with Crippen LogP contribution in [-0.4, -0.2) is 74.7 Å². The minimum absolute atomic E-state index is 0.0937. The maximum absolute atomic E-state index is 12.8. The van der Waals surface area contributed by atoms with Crippen molar-refractivity contribution in [1.29, 1.82) is 0 Å². The normalized spacial score (nSPS) is 20.8. The smallest absolute Gasteiger partial charge is 0.225 e. The van der Waals surface area contributed by atoms with Crippen LogP contribution in [0.1, 0.15) is 18.4 Å². The monoisotopic (exact) mass is 433 g/mol. The summed E-state index contributed by atoms with van der Waals surface area (Å²) in [4.78, 5) is 16.8. The van der Waals surface area contributed by atoms with Crippen LogP contribution in [0.15, 0.2) is 18.2 Å². The summed E-state index contributed by atoms with van der Waals surface area (Å²) in [5.41, 5.74) is 0.427. The van der Waals surface area contributed by atoms with Gasteiger partial charge >= 0.3 is 0 Å². The third-order valence-electron chi connectivity index (χ3n) is 5.40. The van der Waals surface area contributed by atoms with Crippen LogP contribution in [0, 0.1) is 5.92 Å². The predicted molar refractivity (Wildman–Crippen MR) is 107 cm³/mol. The number of likely N-dealkylation sites (N-methyl/N-ethyl adjacent to an activating group) is 1. The first kappa shape index (κ1) is 20.9. The van der Waals surface area contributed by atoms with E-state index in [1.165, 1.54) is 4.31 Å². The van der Waals surface area contributed by atoms with Gasteiger partial charge < -0.3 is 9.80 Å². The summed E-state index contributed by atoms with van der Waals surface area (Å²) in [7, 11) is -1.48. The van der Waals surface area contributed by atoms with Crippen LogP contribution in [0.25, 0.3) is 0 Å². The lowest BCUT2D eigenvalue weighted by atomic mass is 9.96. The largest absolute Gasteiger partial charge is 0.340 e. The van der Waals surface area contributed by atoms with Crippen molar-refractivity contribution in [2.24, 2.45) is 5.92 Å². The number of benzene rings is 1. The highest BCUT2D eigenvalue weighted by atomic mass is 35.5. The molecule has 1 amide bonds. The van der Waals surface area contributed by atoms with Crippen molar-refractivity contribution in [1.82, 2.24) is 14.1 Å². The van der Waals surface area contributed by atoms with Gasteiger partial charge in [-0.1, -0.05) is 29.3 Å². The molecule has 27 heavy (non-hydrogen) atoms. The molecule has 0 saturated carbocycles. The quantitative estimate of drug-likeness (QED) is 0.730. The van der Waals surface area contributed by atoms with Gasteiger partial charge in [-0.2, -0.15) is 0 Å². The summed E-state index contributed by atoms with van der Waals surface area (Å²) in [6, 6.07) is 4.97. The number of amides is 1. The van der Waals surface area contributed by atoms with Gasteiger partial charge in [0.2, 0.25) is 15.9 Å². The Kier molecular flexibility index (Phi) is 6.69. The molecule has 0 unspecified atom stereocenters. The number of hydrogen-bond donors (Lipinski definition) is 0. The van der Waals surface area contributed by atoms with E-state index >= 15 is 0 Å². The number of piperazine rings is 1. The lowest BCUT2D eigenvalue weighted by Crippen LogP contribution is -2.51. The van der Waals surface area contributed by atoms with E-state index in [-0.39, 0.29) is 17.6 Å². The summed E-state index contributed by atoms with van der Waals surface area (Å²) in [6.45, 7) is 3.98. The Hall–Kier alpha value is -0.860. The molecule has 2 heterocycles. The van der Waals surface area contributed by atoms with E-state index in [4.69, 9.17) is 23.2 Å². The van der Waals surface area contributed by atoms with E-state index in [1.54, 1.807) is 18.2 Å². The molecule has 1 aromatic rings. The molecular weight excluding hydrogens is 409 g/mol. The first-order valence-electron chi connectivity index (χ1n) is 9.16. The summed E-state index contributed by atoms with van der Waals surface area (Å²) >= 11 is 12.2. The molecule has 0 radical (unpaired) electrons. The highest BCUT2D eigenvalue weighted by Crippen LogP contribution is 2.29. The van der Waals surface area contributed by atoms with Gasteiger partial charge in [0.05, 0.1) is 5.75 Å². The van der Waals surface area contributed by atoms with Crippen LogP contribution >= 0.6 is 23.2 Å². The molecule has 2 aliphatic rings. The number of piperidine rings is 1. The molecule has 0 spiro atoms. The van der Waals surface area contributed by atoms with Crippen LogP contribution < -0.4 is 0 Å². The van der Waals surface area contributed by atoms with Gasteiger partial charge in [0.25, 0.3) is 0 Å². The molecule has 0 aromatic heterocycles. The number of hydrogen-bond acceptors (Lipinski definition) is 4. The zero-order chi connectivity index (χ0) is 19.6. The van der Waals surface area contributed by atoms with Crippen LogP contribution in [0.2, 0.25) is 10.0 Å². The minimum atomic E-state index is -3.53. The minimum Gasteiger partial charge on any atom is -0.340 e. The van der Waals surface area contributed by atoms with E-state index in [1.807, 2.05) is 4.90 Å². The molecule has 1 aromatic carbocycles. The number of carbonyl (C=O) groups excluding carboxylic acids is 1. The van der Waals surface area contributed by atoms with Crippen molar-refractivity contribution < 1.29 is 13.2 Å². The van der Waals surface area contributed by atoms with Crippen LogP contribution in [0.5, 0.6) is 0 Å². The molecule has 9 heteroatoms. The van der Waals surface area contributed by atoms with Gasteiger partial charge in [-0.05, 0) is 32.0 Å². The molecule has 2 aliphatic heterocycles. The first-order valence-corrected chi connectivity index (χ1v) is 11.5. The van der Waals surface area contributed by atoms with E-state index < -0.39 is 10.0 Å². The lowest BCUT2D eigenvalue weighted by Gasteiger charge is -2.37. The second kappa shape index (κ2) is 8.66. The van der Waals surface area contributed by atoms with Crippen molar-refractivity contribution in [3.63, 3.8) is 0 Å². The fourth-order valence-electron chi connectivity index (χ4n) is 3.61. The van der Waals surface area contributed by atoms with Crippen LogP contribution in [-0.2, 0) is 20.6 Å². The van der Waals surface area contributed by atoms with Crippen LogP contribution in [0.4, 0.5) is 0 Å². The summed E-state index contributed by atoms with van der Waals surface area (Å²) in [5, 5.41) is 0.706. The number of halogens is 2. The Morgan fingerprint density at radius 2 is 1.59 bits per heavy atom. The summed E-state index contributed by atoms with van der Waals surface area (Å²) in [5.74, 6) is -0.152. The van der Waals surface area contributed by atoms with Gasteiger partial charge in [0, 0.05) is 60.8 Å². The van der Waals surface area contributed by atoms with Crippen LogP contribution in [0.3, 0.4) is 0 Å². The molecular formula is C18H25Cl2N3O3S. The fourth-order valence-corrected chi connectivity index (χ4v) is 5.92. The molecule has 0 N–H and O–H groups in total. The number of carbonyl (C=O) groups is 1. The van der Waals surface area contributed by atoms with E-state index in [0.717, 1.165) is 26.2 Å². The van der Waals surface area contributed by atoms with E-state index in [9.17, 15) is 13.2 Å². The molecule has 150 valence electrons. The molecule has 2 saturated heterocycles. The lowest BCUT2D eigenvalue weighted by molar-refractivity contribution is -0.138. The average Bonchev–Trinajstić information content (AvgIpc) is 2.65. The maximum atomic E-state index is 12.8. The summed E-state index contributed by atoms with van der Waals surface area (Å²) < 4.78 is 27.0. The summed E-state index contributed by atoms with van der Waals surface area (Å²) in [6.07, 6.45) is 1.11. The Labute approximate surface area is 171 Å². The van der Waals surface area contributed by atoms with Gasteiger partial charge in [0.15, 0.2) is 0 Å². The molecule has 6 nitrogen and oxygen atoms in total. The third-order valence-corrected chi connectivity index (χ3v) is 7.91. The Morgan fingerprint density at radius 3 is 2.15 bits per heavy atom. The topological polar surface area (TPSA) is 60.9 Å². The molecule has 0 aliphatic carbocycles. The first-order chi connectivity index (χ1) is 12.8. The Bertz CT molecular complexity index is 767. The van der Waals surface area contributed by atoms with Gasteiger partial charge in [-0.15, -0.1) is 0 Å². The van der Waals surface area contributed by atoms with Crippen molar-refractivity contribution in [3.8, 4) is 0 Å². The SMILES string of the molecule is CN1CCN(C(=O)C2CCN(S(=O)(=O)Cc3c(Cl)cccc3Cl)CC2)CC1. The van der Waals surface area contributed by atoms with Gasteiger partial charge in [-0.25, -0.2) is 12.7 Å². The fraction of sp³-hybridized carbons (Fsp3) is 0.611. The highest BCUT2D eigenvalue weighted by Gasteiger charge is 2.34. The van der Waals surface area contributed by atoms with Crippen molar-refractivity contribution in [3.05, 3.63) is 33.8 Å². The van der Waals surface area contributed by atoms with Crippen molar-refractivity contribution in [2.75, 3.05) is 46.3 Å². The Balaban J connectivity index is 1.59. The molecule has 3 rings (SSSR count). The van der Waals surface area contributed by atoms with Crippen molar-refractivity contribution >= 4 is 39.1 Å². The molecule has 2 fully saturated rings. The maximum Gasteiger partial charge on any atom is 0.225 e. The van der Waals surface area contributed by atoms with E-state index in [0.29, 0.717) is 41.5 Å². The van der Waals surface area contributed by atoms with Crippen molar-refractivity contribution in [2.45, 2.75) is 18.6 Å². The number of sulfonamides is 1. The molecule has 0 bridgehead atoms. The standard InChI is InChI=1S/C18H25Cl2N3O3S/c1-21-9-11-22(12-10-21)18(24)14-5-7-23(8-6-14)27(25,26)13-15-16(19)3-2-4-17(15)20/h2-4,14H,5-13H2,1H3. The van der Waals surface area contributed by atoms with Gasteiger partial charge in [-0.3, -0.25) is 4.79 Å². The third kappa shape index (κ3) is 4.95. The zero-order valence-electron chi connectivity index (χ0n) is 15.4. The highest BCUT2D eigenvalue weighted by molar-refractivity contribution is 7.88. The average molecular weight is 434 g/mol. The zero-order valence-corrected chi connectivity index (χ0v) is 17.7. The second-order valence-electron chi connectivity index (χ2n) is 7.26. The number of rotatable bonds is 4. The Morgan fingerprint density at radius 1 is 1.04 bits per heavy atom. The predicted octanol–water partition coefficient (Wildman–Crippen LogP) is 2.31. The molecule has 0 atom stereocenters. The van der Waals surface area contributed by atoms with E-state index in [2.05, 4.69) is 11.9 Å².